The number of aliphatic hydroxyl groups is 2. The van der Waals surface area contributed by atoms with Gasteiger partial charge in [-0.25, -0.2) is 37.7 Å². The van der Waals surface area contributed by atoms with Crippen LogP contribution in [0.25, 0.3) is 0 Å². The van der Waals surface area contributed by atoms with E-state index >= 15 is 8.78 Å². The van der Waals surface area contributed by atoms with Gasteiger partial charge in [-0.1, -0.05) is 64.1 Å². The van der Waals surface area contributed by atoms with E-state index in [9.17, 15) is 38.5 Å². The SMILES string of the molecule is CC(C)[C@H](C)NP(=O)(OC[C@H]1O[C@@H](n2ccc(=O)[nH]c2=O)[C@](C)(F)[C@@H]1O)Oc1ccccc1.CC(C)[C@H](C)N[P@](=O)(OC[C@H]1O[C@@H](n2ccc(=O)[nH]c2=O)[C@](C)(F)[C@@H]1O)Oc1ccccc1.O=C=O.O=C=O. The molecular formula is C44H58F2N6O18P2. The van der Waals surface area contributed by atoms with Crippen LogP contribution in [0.1, 0.15) is 67.8 Å². The number of hydrogen-bond donors (Lipinski definition) is 6. The molecule has 2 aliphatic heterocycles. The normalized spacial score (nSPS) is 25.8. The molecule has 72 heavy (non-hydrogen) atoms. The molecule has 28 heteroatoms. The van der Waals surface area contributed by atoms with Gasteiger partial charge < -0.3 is 28.7 Å². The average Bonchev–Trinajstić information content (AvgIpc) is 3.67. The number of hydrogen-bond acceptors (Lipinski definition) is 18. The molecular weight excluding hydrogens is 1000 g/mol. The molecule has 2 aromatic heterocycles. The summed E-state index contributed by atoms with van der Waals surface area (Å²) < 4.78 is 92.9. The number of halogens is 2. The molecule has 6 N–H and O–H groups in total. The number of alkyl halides is 2. The van der Waals surface area contributed by atoms with Crippen LogP contribution in [0.3, 0.4) is 0 Å². The second-order valence-electron chi connectivity index (χ2n) is 17.2. The molecule has 0 aliphatic carbocycles. The standard InChI is InChI=1S/2C21H29FN3O7P.2CO2/c2*1-13(2)14(3)24-33(29,32-15-8-6-5-7-9-15)30-12-16-18(27)21(4,22)19(31-16)25-11-10-17(26)23-20(25)28;2*2-1-3/h2*5-11,13-14,16,18-19,27H,12H2,1-4H3,(H,24,29)(H,23,26,28);;/t14-,16+,18+,19+,21+,33?;14-,16+,18+,19+,21+,33-;;/m00../s1. The lowest BCUT2D eigenvalue weighted by atomic mass is 9.98. The van der Waals surface area contributed by atoms with Crippen LogP contribution in [-0.4, -0.2) is 103 Å². The number of para-hydroxylation sites is 2. The number of nitrogens with zero attached hydrogens (tertiary/aromatic N) is 2. The van der Waals surface area contributed by atoms with Crippen molar-refractivity contribution < 1.29 is 74.9 Å². The Bertz CT molecular complexity index is 2580. The summed E-state index contributed by atoms with van der Waals surface area (Å²) in [5, 5.41) is 26.8. The monoisotopic (exact) mass is 1060 g/mol. The van der Waals surface area contributed by atoms with Gasteiger partial charge in [0, 0.05) is 36.6 Å². The summed E-state index contributed by atoms with van der Waals surface area (Å²) in [6, 6.07) is 18.4. The van der Waals surface area contributed by atoms with Gasteiger partial charge in [-0.15, -0.1) is 0 Å². The Balaban J connectivity index is 0.000000343. The van der Waals surface area contributed by atoms with Crippen molar-refractivity contribution in [2.45, 2.75) is 116 Å². The molecule has 2 saturated heterocycles. The van der Waals surface area contributed by atoms with Crippen LogP contribution in [0, 0.1) is 11.8 Å². The zero-order valence-electron chi connectivity index (χ0n) is 40.2. The van der Waals surface area contributed by atoms with E-state index in [4.69, 9.17) is 46.7 Å². The maximum atomic E-state index is 15.4. The Hall–Kier alpha value is -5.84. The molecule has 0 saturated carbocycles. The fourth-order valence-corrected chi connectivity index (χ4v) is 9.92. The first-order valence-electron chi connectivity index (χ1n) is 21.9. The summed E-state index contributed by atoms with van der Waals surface area (Å²) in [7, 11) is -7.92. The third kappa shape index (κ3) is 16.6. The zero-order chi connectivity index (χ0) is 54.2. The molecule has 1 unspecified atom stereocenters. The van der Waals surface area contributed by atoms with Crippen molar-refractivity contribution in [2.24, 2.45) is 11.8 Å². The van der Waals surface area contributed by atoms with Crippen LogP contribution in [0.4, 0.5) is 8.78 Å². The summed E-state index contributed by atoms with van der Waals surface area (Å²) in [6.07, 6.45) is -6.39. The molecule has 2 aliphatic rings. The number of ether oxygens (including phenoxy) is 2. The van der Waals surface area contributed by atoms with Crippen LogP contribution in [0.2, 0.25) is 0 Å². The Morgan fingerprint density at radius 2 is 0.931 bits per heavy atom. The largest absolute Gasteiger partial charge is 0.459 e. The quantitative estimate of drug-likeness (QED) is 0.0776. The lowest BCUT2D eigenvalue weighted by molar-refractivity contribution is -0.193. The molecule has 0 radical (unpaired) electrons. The summed E-state index contributed by atoms with van der Waals surface area (Å²) in [5.74, 6) is 0.788. The lowest BCUT2D eigenvalue weighted by Crippen LogP contribution is -2.43. The molecule has 2 fully saturated rings. The van der Waals surface area contributed by atoms with Gasteiger partial charge in [0.1, 0.15) is 35.9 Å². The molecule has 4 heterocycles. The zero-order valence-corrected chi connectivity index (χ0v) is 42.0. The van der Waals surface area contributed by atoms with Crippen LogP contribution in [0.15, 0.2) is 104 Å². The summed E-state index contributed by atoms with van der Waals surface area (Å²) >= 11 is 0. The van der Waals surface area contributed by atoms with Crippen molar-refractivity contribution in [1.29, 1.82) is 0 Å². The predicted octanol–water partition coefficient (Wildman–Crippen LogP) is 3.55. The highest BCUT2D eigenvalue weighted by atomic mass is 31.2. The van der Waals surface area contributed by atoms with E-state index < -0.39 is 99.4 Å². The van der Waals surface area contributed by atoms with E-state index in [0.717, 1.165) is 47.5 Å². The molecule has 0 amide bonds. The van der Waals surface area contributed by atoms with Crippen molar-refractivity contribution in [2.75, 3.05) is 13.2 Å². The van der Waals surface area contributed by atoms with E-state index in [0.29, 0.717) is 11.5 Å². The summed E-state index contributed by atoms with van der Waals surface area (Å²) in [6.45, 7) is 12.5. The van der Waals surface area contributed by atoms with E-state index in [2.05, 4.69) is 10.2 Å². The number of aromatic nitrogens is 4. The Morgan fingerprint density at radius 1 is 0.625 bits per heavy atom. The highest BCUT2D eigenvalue weighted by molar-refractivity contribution is 7.52. The van der Waals surface area contributed by atoms with Crippen molar-refractivity contribution >= 4 is 27.8 Å². The first kappa shape index (κ1) is 60.5. The fourth-order valence-electron chi connectivity index (χ4n) is 6.49. The van der Waals surface area contributed by atoms with Gasteiger partial charge in [0.2, 0.25) is 0 Å². The third-order valence-electron chi connectivity index (χ3n) is 11.1. The first-order valence-corrected chi connectivity index (χ1v) is 25.0. The van der Waals surface area contributed by atoms with Crippen LogP contribution >= 0.6 is 15.5 Å². The highest BCUT2D eigenvalue weighted by Crippen LogP contribution is 2.49. The second-order valence-corrected chi connectivity index (χ2v) is 20.6. The minimum absolute atomic E-state index is 0.0974. The number of H-pyrrole nitrogens is 2. The van der Waals surface area contributed by atoms with E-state index in [1.54, 1.807) is 60.7 Å². The number of aliphatic hydroxyl groups excluding tert-OH is 2. The van der Waals surface area contributed by atoms with Crippen molar-refractivity contribution in [1.82, 2.24) is 29.3 Å². The Morgan fingerprint density at radius 3 is 1.21 bits per heavy atom. The van der Waals surface area contributed by atoms with E-state index in [1.807, 2.05) is 51.5 Å². The van der Waals surface area contributed by atoms with Crippen LogP contribution < -0.4 is 41.7 Å². The number of rotatable bonds is 18. The van der Waals surface area contributed by atoms with Crippen LogP contribution in [-0.2, 0) is 46.8 Å². The maximum absolute atomic E-state index is 15.4. The van der Waals surface area contributed by atoms with E-state index in [1.165, 1.54) is 0 Å². The van der Waals surface area contributed by atoms with Gasteiger partial charge in [0.05, 0.1) is 13.2 Å². The molecule has 396 valence electrons. The molecule has 24 nitrogen and oxygen atoms in total. The van der Waals surface area contributed by atoms with Crippen molar-refractivity contribution in [3.8, 4) is 11.5 Å². The minimum Gasteiger partial charge on any atom is -0.413 e. The fraction of sp³-hybridized carbons (Fsp3) is 0.500. The Labute approximate surface area is 410 Å². The molecule has 4 aromatic rings. The van der Waals surface area contributed by atoms with Crippen molar-refractivity contribution in [3.63, 3.8) is 0 Å². The van der Waals surface area contributed by atoms with Gasteiger partial charge in [0.15, 0.2) is 23.8 Å². The average molecular weight is 1060 g/mol. The maximum Gasteiger partial charge on any atom is 0.459 e. The molecule has 2 aromatic carbocycles. The number of carbonyl (C=O) groups excluding carboxylic acids is 4. The van der Waals surface area contributed by atoms with Gasteiger partial charge in [-0.2, -0.15) is 19.2 Å². The summed E-state index contributed by atoms with van der Waals surface area (Å²) in [4.78, 5) is 83.4. The predicted molar refractivity (Wildman–Crippen MR) is 248 cm³/mol. The molecule has 6 rings (SSSR count). The minimum atomic E-state index is -3.96. The second kappa shape index (κ2) is 26.7. The summed E-state index contributed by atoms with van der Waals surface area (Å²) in [5.41, 5.74) is -7.90. The van der Waals surface area contributed by atoms with Gasteiger partial charge in [-0.05, 0) is 63.8 Å². The molecule has 12 atom stereocenters. The number of aromatic amines is 2. The van der Waals surface area contributed by atoms with E-state index in [-0.39, 0.29) is 36.2 Å². The molecule has 0 spiro atoms. The number of benzene rings is 2. The topological polar surface area (TPSA) is 332 Å². The van der Waals surface area contributed by atoms with Crippen LogP contribution in [0.5, 0.6) is 11.5 Å². The van der Waals surface area contributed by atoms with Gasteiger partial charge in [0.25, 0.3) is 11.1 Å². The van der Waals surface area contributed by atoms with Gasteiger partial charge in [-0.3, -0.25) is 37.7 Å². The molecule has 0 bridgehead atoms. The number of nitrogens with one attached hydrogen (secondary N) is 4. The Kier molecular flexibility index (Phi) is 22.5. The smallest absolute Gasteiger partial charge is 0.413 e. The lowest BCUT2D eigenvalue weighted by Gasteiger charge is -2.27. The van der Waals surface area contributed by atoms with Crippen molar-refractivity contribution in [3.05, 3.63) is 127 Å². The third-order valence-corrected chi connectivity index (χ3v) is 14.4. The highest BCUT2D eigenvalue weighted by Gasteiger charge is 2.57. The first-order chi connectivity index (χ1) is 33.7. The van der Waals surface area contributed by atoms with Gasteiger partial charge >= 0.3 is 39.2 Å².